The second-order valence-corrected chi connectivity index (χ2v) is 8.93. The Hall–Kier alpha value is -3.19. The number of rotatable bonds is 9. The van der Waals surface area contributed by atoms with Crippen molar-refractivity contribution in [3.05, 3.63) is 71.0 Å². The fourth-order valence-electron chi connectivity index (χ4n) is 3.79. The molecule has 2 aromatic carbocycles. The number of nitrogens with zero attached hydrogens (tertiary/aromatic N) is 2. The number of ether oxygens (including phenoxy) is 1. The summed E-state index contributed by atoms with van der Waals surface area (Å²) in [6.45, 7) is 5.73. The average molecular weight is 455 g/mol. The zero-order valence-electron chi connectivity index (χ0n) is 19.5. The number of ketones is 1. The maximum Gasteiger partial charge on any atom is 0.295 e. The lowest BCUT2D eigenvalue weighted by Gasteiger charge is -2.26. The molecule has 1 amide bonds. The second kappa shape index (κ2) is 10.6. The predicted octanol–water partition coefficient (Wildman–Crippen LogP) is 4.23. The summed E-state index contributed by atoms with van der Waals surface area (Å²) in [5, 5.41) is 11.1. The summed E-state index contributed by atoms with van der Waals surface area (Å²) in [5.74, 6) is -1.06. The summed E-state index contributed by atoms with van der Waals surface area (Å²) in [5.41, 5.74) is 0.983. The van der Waals surface area contributed by atoms with Crippen LogP contribution in [0.25, 0.3) is 5.76 Å². The lowest BCUT2D eigenvalue weighted by atomic mass is 9.95. The zero-order valence-corrected chi connectivity index (χ0v) is 19.5. The first-order chi connectivity index (χ1) is 15.7. The van der Waals surface area contributed by atoms with Gasteiger partial charge in [0.2, 0.25) is 0 Å². The van der Waals surface area contributed by atoms with Crippen molar-refractivity contribution >= 4 is 17.4 Å². The van der Waals surface area contributed by atoms with Gasteiger partial charge in [0.15, 0.2) is 0 Å². The van der Waals surface area contributed by atoms with E-state index in [2.05, 4.69) is 0 Å². The summed E-state index contributed by atoms with van der Waals surface area (Å²) >= 11 is 0. The number of Topliss-reactive ketones (excluding diaryl/α,β-unsaturated/α-hetero) is 1. The molecule has 1 heterocycles. The number of benzene rings is 2. The van der Waals surface area contributed by atoms with E-state index >= 15 is 0 Å². The highest BCUT2D eigenvalue weighted by atomic mass is 19.1. The number of hydrogen-bond acceptors (Lipinski definition) is 5. The maximum absolute atomic E-state index is 13.6. The highest BCUT2D eigenvalue weighted by molar-refractivity contribution is 6.46. The van der Waals surface area contributed by atoms with Gasteiger partial charge >= 0.3 is 0 Å². The second-order valence-electron chi connectivity index (χ2n) is 8.93. The smallest absolute Gasteiger partial charge is 0.295 e. The molecule has 6 nitrogen and oxygen atoms in total. The Morgan fingerprint density at radius 1 is 1.09 bits per heavy atom. The van der Waals surface area contributed by atoms with Crippen molar-refractivity contribution in [3.63, 3.8) is 0 Å². The van der Waals surface area contributed by atoms with Crippen LogP contribution in [-0.4, -0.2) is 60.4 Å². The quantitative estimate of drug-likeness (QED) is 0.349. The van der Waals surface area contributed by atoms with Gasteiger partial charge in [-0.15, -0.1) is 0 Å². The minimum absolute atomic E-state index is 0.00677. The highest BCUT2D eigenvalue weighted by Gasteiger charge is 2.45. The molecule has 176 valence electrons. The Bertz CT molecular complexity index is 1010. The van der Waals surface area contributed by atoms with E-state index in [4.69, 9.17) is 4.74 Å². The molecule has 0 saturated carbocycles. The van der Waals surface area contributed by atoms with Crippen molar-refractivity contribution in [2.24, 2.45) is 5.92 Å². The molecule has 0 radical (unpaired) electrons. The van der Waals surface area contributed by atoms with E-state index in [0.717, 1.165) is 6.54 Å². The summed E-state index contributed by atoms with van der Waals surface area (Å²) in [6.07, 6.45) is 0.652. The van der Waals surface area contributed by atoms with Crippen LogP contribution in [0.5, 0.6) is 5.75 Å². The van der Waals surface area contributed by atoms with Gasteiger partial charge in [0.1, 0.15) is 17.3 Å². The molecule has 2 aromatic rings. The zero-order chi connectivity index (χ0) is 24.1. The van der Waals surface area contributed by atoms with Gasteiger partial charge in [0.05, 0.1) is 18.2 Å². The lowest BCUT2D eigenvalue weighted by Crippen LogP contribution is -2.32. The van der Waals surface area contributed by atoms with E-state index in [0.29, 0.717) is 42.4 Å². The highest BCUT2D eigenvalue weighted by Crippen LogP contribution is 2.39. The van der Waals surface area contributed by atoms with E-state index < -0.39 is 23.5 Å². The Labute approximate surface area is 194 Å². The Morgan fingerprint density at radius 2 is 1.73 bits per heavy atom. The van der Waals surface area contributed by atoms with E-state index in [1.165, 1.54) is 17.0 Å². The molecule has 1 N–H and O–H groups in total. The third-order valence-corrected chi connectivity index (χ3v) is 5.44. The predicted molar refractivity (Wildman–Crippen MR) is 125 cm³/mol. The first kappa shape index (κ1) is 24.5. The molecule has 1 aliphatic heterocycles. The molecule has 0 bridgehead atoms. The van der Waals surface area contributed by atoms with Crippen LogP contribution in [-0.2, 0) is 9.59 Å². The van der Waals surface area contributed by atoms with E-state index in [9.17, 15) is 19.1 Å². The van der Waals surface area contributed by atoms with Crippen LogP contribution < -0.4 is 4.74 Å². The Morgan fingerprint density at radius 3 is 2.30 bits per heavy atom. The van der Waals surface area contributed by atoms with Gasteiger partial charge in [0.25, 0.3) is 11.7 Å². The Kier molecular flexibility index (Phi) is 7.87. The number of amides is 1. The third kappa shape index (κ3) is 5.79. The van der Waals surface area contributed by atoms with Gasteiger partial charge in [-0.2, -0.15) is 0 Å². The summed E-state index contributed by atoms with van der Waals surface area (Å²) < 4.78 is 19.2. The molecule has 1 aliphatic rings. The van der Waals surface area contributed by atoms with Crippen molar-refractivity contribution in [1.29, 1.82) is 0 Å². The average Bonchev–Trinajstić information content (AvgIpc) is 3.03. The van der Waals surface area contributed by atoms with Gasteiger partial charge < -0.3 is 19.6 Å². The van der Waals surface area contributed by atoms with Gasteiger partial charge in [-0.1, -0.05) is 26.0 Å². The minimum Gasteiger partial charge on any atom is -0.507 e. The van der Waals surface area contributed by atoms with Crippen LogP contribution in [0.1, 0.15) is 37.4 Å². The van der Waals surface area contributed by atoms with Crippen molar-refractivity contribution in [3.8, 4) is 5.75 Å². The normalized spacial score (nSPS) is 17.9. The van der Waals surface area contributed by atoms with E-state index in [1.807, 2.05) is 32.8 Å². The third-order valence-electron chi connectivity index (χ3n) is 5.44. The fraction of sp³-hybridized carbons (Fsp3) is 0.385. The molecule has 33 heavy (non-hydrogen) atoms. The largest absolute Gasteiger partial charge is 0.507 e. The van der Waals surface area contributed by atoms with Crippen molar-refractivity contribution < 1.29 is 23.8 Å². The molecule has 1 saturated heterocycles. The van der Waals surface area contributed by atoms with Crippen molar-refractivity contribution in [2.75, 3.05) is 33.8 Å². The standard InChI is InChI=1S/C26H31FN2O4/c1-17(2)16-33-21-12-8-19(9-13-21)24(30)22-23(18-6-10-20(27)11-7-18)29(26(32)25(22)31)15-5-14-28(3)4/h6-13,17,23,30H,5,14-16H2,1-4H3/t23-/m0/s1. The summed E-state index contributed by atoms with van der Waals surface area (Å²) in [7, 11) is 3.86. The minimum atomic E-state index is -0.787. The van der Waals surface area contributed by atoms with Crippen LogP contribution in [0.15, 0.2) is 54.1 Å². The lowest BCUT2D eigenvalue weighted by molar-refractivity contribution is -0.139. The number of halogens is 1. The molecule has 1 fully saturated rings. The van der Waals surface area contributed by atoms with Gasteiger partial charge in [-0.25, -0.2) is 4.39 Å². The molecule has 0 aliphatic carbocycles. The number of aliphatic hydroxyl groups excluding tert-OH is 1. The van der Waals surface area contributed by atoms with Crippen molar-refractivity contribution in [2.45, 2.75) is 26.3 Å². The summed E-state index contributed by atoms with van der Waals surface area (Å²) in [4.78, 5) is 29.4. The maximum atomic E-state index is 13.6. The van der Waals surface area contributed by atoms with E-state index in [-0.39, 0.29) is 11.3 Å². The van der Waals surface area contributed by atoms with Crippen LogP contribution >= 0.6 is 0 Å². The van der Waals surface area contributed by atoms with Gasteiger partial charge in [0, 0.05) is 12.1 Å². The number of aliphatic hydroxyl groups is 1. The fourth-order valence-corrected chi connectivity index (χ4v) is 3.79. The first-order valence-corrected chi connectivity index (χ1v) is 11.1. The van der Waals surface area contributed by atoms with Crippen LogP contribution in [0.2, 0.25) is 0 Å². The van der Waals surface area contributed by atoms with Crippen LogP contribution in [0, 0.1) is 11.7 Å². The van der Waals surface area contributed by atoms with E-state index in [1.54, 1.807) is 36.4 Å². The topological polar surface area (TPSA) is 70.1 Å². The van der Waals surface area contributed by atoms with Crippen LogP contribution in [0.3, 0.4) is 0 Å². The number of likely N-dealkylation sites (tertiary alicyclic amines) is 1. The van der Waals surface area contributed by atoms with Crippen LogP contribution in [0.4, 0.5) is 4.39 Å². The van der Waals surface area contributed by atoms with Gasteiger partial charge in [-0.05, 0) is 74.9 Å². The molecule has 0 aromatic heterocycles. The summed E-state index contributed by atoms with van der Waals surface area (Å²) in [6, 6.07) is 11.6. The number of carbonyl (C=O) groups excluding carboxylic acids is 2. The molecule has 0 spiro atoms. The number of hydrogen-bond donors (Lipinski definition) is 1. The van der Waals surface area contributed by atoms with Gasteiger partial charge in [-0.3, -0.25) is 9.59 Å². The molecule has 1 atom stereocenters. The molecule has 7 heteroatoms. The molecule has 0 unspecified atom stereocenters. The molecule has 3 rings (SSSR count). The monoisotopic (exact) mass is 454 g/mol. The molecular formula is C26H31FN2O4. The SMILES string of the molecule is CC(C)COc1ccc(C(O)=C2C(=O)C(=O)N(CCCN(C)C)[C@H]2c2ccc(F)cc2)cc1. The first-order valence-electron chi connectivity index (χ1n) is 11.1. The van der Waals surface area contributed by atoms with Crippen molar-refractivity contribution in [1.82, 2.24) is 9.80 Å². The molecular weight excluding hydrogens is 423 g/mol. The number of carbonyl (C=O) groups is 2. The Balaban J connectivity index is 1.99.